The molecular formula is C27H23ClN4O3S. The summed E-state index contributed by atoms with van der Waals surface area (Å²) in [4.78, 5) is 4.27. The summed E-state index contributed by atoms with van der Waals surface area (Å²) in [6.07, 6.45) is 3.44. The van der Waals surface area contributed by atoms with Gasteiger partial charge in [0, 0.05) is 34.1 Å². The maximum absolute atomic E-state index is 6.34. The van der Waals surface area contributed by atoms with E-state index in [4.69, 9.17) is 25.8 Å². The van der Waals surface area contributed by atoms with Crippen molar-refractivity contribution >= 4 is 39.5 Å². The Hall–Kier alpha value is -3.88. The van der Waals surface area contributed by atoms with Crippen LogP contribution in [0.1, 0.15) is 10.6 Å². The first-order valence-corrected chi connectivity index (χ1v) is 12.3. The SMILES string of the molecule is COc1ccc(CNc2cnnc3cc(-c4cc(Cl)ccc4Oc4cnc(C)s4)ccc23)c(OC)c1. The number of methoxy groups -OCH3 is 2. The number of fused-ring (bicyclic) bond motifs is 1. The number of rotatable bonds is 8. The molecule has 0 saturated heterocycles. The largest absolute Gasteiger partial charge is 0.497 e. The highest BCUT2D eigenvalue weighted by atomic mass is 35.5. The Kier molecular flexibility index (Phi) is 6.88. The second-order valence-electron chi connectivity index (χ2n) is 7.96. The minimum absolute atomic E-state index is 0.552. The van der Waals surface area contributed by atoms with Crippen LogP contribution in [-0.2, 0) is 6.54 Å². The predicted octanol–water partition coefficient (Wildman–Crippen LogP) is 7.14. The number of hydrogen-bond acceptors (Lipinski definition) is 8. The van der Waals surface area contributed by atoms with Gasteiger partial charge in [-0.15, -0.1) is 0 Å². The maximum atomic E-state index is 6.34. The zero-order valence-corrected chi connectivity index (χ0v) is 21.5. The van der Waals surface area contributed by atoms with Gasteiger partial charge in [-0.2, -0.15) is 10.2 Å². The molecule has 5 aromatic rings. The Morgan fingerprint density at radius 1 is 0.944 bits per heavy atom. The number of aromatic nitrogens is 3. The molecule has 0 bridgehead atoms. The Labute approximate surface area is 217 Å². The van der Waals surface area contributed by atoms with Crippen LogP contribution in [0.15, 0.2) is 67.0 Å². The maximum Gasteiger partial charge on any atom is 0.200 e. The molecule has 0 amide bonds. The van der Waals surface area contributed by atoms with Crippen molar-refractivity contribution < 1.29 is 14.2 Å². The highest BCUT2D eigenvalue weighted by molar-refractivity contribution is 7.13. The number of aryl methyl sites for hydroxylation is 1. The number of benzene rings is 3. The van der Waals surface area contributed by atoms with Gasteiger partial charge in [-0.3, -0.25) is 0 Å². The van der Waals surface area contributed by atoms with Crippen LogP contribution < -0.4 is 19.5 Å². The van der Waals surface area contributed by atoms with Gasteiger partial charge in [-0.25, -0.2) is 4.98 Å². The van der Waals surface area contributed by atoms with Crippen molar-refractivity contribution in [2.24, 2.45) is 0 Å². The lowest BCUT2D eigenvalue weighted by atomic mass is 10.0. The van der Waals surface area contributed by atoms with Crippen molar-refractivity contribution in [3.8, 4) is 33.4 Å². The number of nitrogens with zero attached hydrogens (tertiary/aromatic N) is 3. The Morgan fingerprint density at radius 2 is 1.83 bits per heavy atom. The van der Waals surface area contributed by atoms with Gasteiger partial charge in [0.2, 0.25) is 5.06 Å². The van der Waals surface area contributed by atoms with Crippen molar-refractivity contribution in [1.82, 2.24) is 15.2 Å². The number of halogens is 1. The van der Waals surface area contributed by atoms with Crippen LogP contribution in [0.5, 0.6) is 22.3 Å². The van der Waals surface area contributed by atoms with Crippen LogP contribution in [0.25, 0.3) is 22.0 Å². The summed E-state index contributed by atoms with van der Waals surface area (Å²) in [6, 6.07) is 17.3. The molecule has 2 aromatic heterocycles. The minimum Gasteiger partial charge on any atom is -0.497 e. The van der Waals surface area contributed by atoms with Crippen LogP contribution in [0.3, 0.4) is 0 Å². The number of anilines is 1. The van der Waals surface area contributed by atoms with E-state index in [1.165, 1.54) is 11.3 Å². The lowest BCUT2D eigenvalue weighted by molar-refractivity contribution is 0.391. The quantitative estimate of drug-likeness (QED) is 0.234. The molecule has 0 aliphatic carbocycles. The molecular weight excluding hydrogens is 496 g/mol. The number of ether oxygens (including phenoxy) is 3. The molecule has 0 atom stereocenters. The van der Waals surface area contributed by atoms with Crippen molar-refractivity contribution in [1.29, 1.82) is 0 Å². The molecule has 0 saturated carbocycles. The topological polar surface area (TPSA) is 78.4 Å². The van der Waals surface area contributed by atoms with E-state index in [9.17, 15) is 0 Å². The van der Waals surface area contributed by atoms with Crippen LogP contribution in [0.4, 0.5) is 5.69 Å². The molecule has 3 aromatic carbocycles. The van der Waals surface area contributed by atoms with Crippen molar-refractivity contribution in [2.45, 2.75) is 13.5 Å². The van der Waals surface area contributed by atoms with Crippen LogP contribution in [0, 0.1) is 6.92 Å². The van der Waals surface area contributed by atoms with E-state index in [0.717, 1.165) is 54.9 Å². The number of nitrogens with one attached hydrogen (secondary N) is 1. The lowest BCUT2D eigenvalue weighted by Gasteiger charge is -2.14. The second kappa shape index (κ2) is 10.4. The molecule has 0 spiro atoms. The first-order valence-electron chi connectivity index (χ1n) is 11.1. The van der Waals surface area contributed by atoms with E-state index in [2.05, 4.69) is 20.5 Å². The molecule has 0 fully saturated rings. The zero-order chi connectivity index (χ0) is 25.1. The summed E-state index contributed by atoms with van der Waals surface area (Å²) in [7, 11) is 3.28. The average molecular weight is 519 g/mol. The second-order valence-corrected chi connectivity index (χ2v) is 9.60. The number of thiazole rings is 1. The summed E-state index contributed by atoms with van der Waals surface area (Å²) < 4.78 is 16.9. The smallest absolute Gasteiger partial charge is 0.200 e. The van der Waals surface area contributed by atoms with Crippen LogP contribution >= 0.6 is 22.9 Å². The van der Waals surface area contributed by atoms with Gasteiger partial charge >= 0.3 is 0 Å². The highest BCUT2D eigenvalue weighted by Crippen LogP contribution is 2.38. The third kappa shape index (κ3) is 5.05. The monoisotopic (exact) mass is 518 g/mol. The normalized spacial score (nSPS) is 10.9. The first-order chi connectivity index (χ1) is 17.5. The van der Waals surface area contributed by atoms with E-state index < -0.39 is 0 Å². The molecule has 36 heavy (non-hydrogen) atoms. The van der Waals surface area contributed by atoms with Gasteiger partial charge in [0.25, 0.3) is 0 Å². The van der Waals surface area contributed by atoms with Crippen molar-refractivity contribution in [3.63, 3.8) is 0 Å². The summed E-state index contributed by atoms with van der Waals surface area (Å²) in [5.41, 5.74) is 4.40. The molecule has 2 heterocycles. The van der Waals surface area contributed by atoms with Crippen molar-refractivity contribution in [2.75, 3.05) is 19.5 Å². The van der Waals surface area contributed by atoms with E-state index in [0.29, 0.717) is 17.3 Å². The standard InChI is InChI=1S/C27H23ClN4O3S/c1-16-29-15-27(36-16)35-25-9-6-19(28)11-22(25)17-5-8-21-23(10-17)32-31-14-24(21)30-13-18-4-7-20(33-2)12-26(18)34-3/h4-12,14-15H,13H2,1-3H3,(H,30,32). The highest BCUT2D eigenvalue weighted by Gasteiger charge is 2.13. The van der Waals surface area contributed by atoms with Gasteiger partial charge in [0.05, 0.1) is 42.8 Å². The van der Waals surface area contributed by atoms with Gasteiger partial charge in [-0.1, -0.05) is 29.0 Å². The third-order valence-electron chi connectivity index (χ3n) is 5.67. The first kappa shape index (κ1) is 23.8. The molecule has 0 unspecified atom stereocenters. The molecule has 1 N–H and O–H groups in total. The Balaban J connectivity index is 1.45. The fourth-order valence-corrected chi connectivity index (χ4v) is 4.68. The molecule has 0 aliphatic heterocycles. The van der Waals surface area contributed by atoms with Gasteiger partial charge in [-0.05, 0) is 55.0 Å². The Bertz CT molecular complexity index is 1540. The van der Waals surface area contributed by atoms with E-state index in [-0.39, 0.29) is 0 Å². The van der Waals surface area contributed by atoms with E-state index in [1.54, 1.807) is 26.6 Å². The zero-order valence-electron chi connectivity index (χ0n) is 19.9. The molecule has 7 nitrogen and oxygen atoms in total. The molecule has 0 radical (unpaired) electrons. The summed E-state index contributed by atoms with van der Waals surface area (Å²) in [5, 5.41) is 15.3. The van der Waals surface area contributed by atoms with Gasteiger partial charge in [0.1, 0.15) is 17.2 Å². The third-order valence-corrected chi connectivity index (χ3v) is 6.69. The number of hydrogen-bond donors (Lipinski definition) is 1. The minimum atomic E-state index is 0.552. The fraction of sp³-hybridized carbons (Fsp3) is 0.148. The molecule has 5 rings (SSSR count). The van der Waals surface area contributed by atoms with Crippen LogP contribution in [-0.4, -0.2) is 29.4 Å². The summed E-state index contributed by atoms with van der Waals surface area (Å²) in [5.74, 6) is 2.19. The van der Waals surface area contributed by atoms with Gasteiger partial charge in [0.15, 0.2) is 0 Å². The summed E-state index contributed by atoms with van der Waals surface area (Å²) in [6.45, 7) is 2.49. The fourth-order valence-electron chi connectivity index (χ4n) is 3.87. The summed E-state index contributed by atoms with van der Waals surface area (Å²) >= 11 is 7.83. The van der Waals surface area contributed by atoms with E-state index >= 15 is 0 Å². The molecule has 9 heteroatoms. The van der Waals surface area contributed by atoms with Gasteiger partial charge < -0.3 is 19.5 Å². The van der Waals surface area contributed by atoms with Crippen molar-refractivity contribution in [3.05, 3.63) is 82.6 Å². The average Bonchev–Trinajstić information content (AvgIpc) is 3.32. The molecule has 0 aliphatic rings. The van der Waals surface area contributed by atoms with Crippen LogP contribution in [0.2, 0.25) is 5.02 Å². The predicted molar refractivity (Wildman–Crippen MR) is 144 cm³/mol. The van der Waals surface area contributed by atoms with E-state index in [1.807, 2.05) is 61.5 Å². The molecule has 182 valence electrons. The lowest BCUT2D eigenvalue weighted by Crippen LogP contribution is -2.03. The Morgan fingerprint density at radius 3 is 2.61 bits per heavy atom.